The summed E-state index contributed by atoms with van der Waals surface area (Å²) in [7, 11) is 0. The van der Waals surface area contributed by atoms with Crippen molar-refractivity contribution in [2.75, 3.05) is 13.2 Å². The van der Waals surface area contributed by atoms with E-state index in [2.05, 4.69) is 4.98 Å². The van der Waals surface area contributed by atoms with Crippen LogP contribution in [0, 0.1) is 0 Å². The average molecular weight is 245 g/mol. The van der Waals surface area contributed by atoms with Crippen LogP contribution < -0.4 is 0 Å². The summed E-state index contributed by atoms with van der Waals surface area (Å²) in [6.07, 6.45) is 0.876. The minimum Gasteiger partial charge on any atom is -0.379 e. The molecule has 0 N–H and O–H groups in total. The summed E-state index contributed by atoms with van der Waals surface area (Å²) in [4.78, 5) is 15.6. The third-order valence-electron chi connectivity index (χ3n) is 2.73. The first-order chi connectivity index (χ1) is 8.36. The Hall–Kier alpha value is -1.39. The molecule has 1 aliphatic rings. The van der Waals surface area contributed by atoms with Gasteiger partial charge in [-0.1, -0.05) is 30.0 Å². The normalized spacial score (nSPS) is 15.8. The zero-order valence-electron chi connectivity index (χ0n) is 9.13. The van der Waals surface area contributed by atoms with Crippen LogP contribution in [0.3, 0.4) is 0 Å². The summed E-state index contributed by atoms with van der Waals surface area (Å²) < 4.78 is 5.13. The molecule has 0 radical (unpaired) electrons. The highest BCUT2D eigenvalue weighted by Gasteiger charge is 2.21. The quantitative estimate of drug-likeness (QED) is 0.779. The first-order valence-electron chi connectivity index (χ1n) is 5.46. The number of rotatable bonds is 3. The van der Waals surface area contributed by atoms with Crippen LogP contribution in [0.25, 0.3) is 10.9 Å². The fourth-order valence-electron chi connectivity index (χ4n) is 1.73. The van der Waals surface area contributed by atoms with E-state index in [0.29, 0.717) is 10.8 Å². The van der Waals surface area contributed by atoms with Crippen molar-refractivity contribution in [2.45, 2.75) is 10.3 Å². The molecule has 0 atom stereocenters. The van der Waals surface area contributed by atoms with Gasteiger partial charge in [-0.3, -0.25) is 4.79 Å². The number of carbonyl (C=O) groups excluding carboxylic acids is 1. The highest BCUT2D eigenvalue weighted by atomic mass is 32.2. The maximum absolute atomic E-state index is 11.1. The molecule has 1 saturated heterocycles. The molecule has 0 aliphatic carbocycles. The third kappa shape index (κ3) is 2.06. The van der Waals surface area contributed by atoms with Gasteiger partial charge in [0.1, 0.15) is 5.03 Å². The molecule has 3 rings (SSSR count). The zero-order valence-corrected chi connectivity index (χ0v) is 9.94. The Morgan fingerprint density at radius 3 is 2.88 bits per heavy atom. The van der Waals surface area contributed by atoms with Crippen LogP contribution in [0.15, 0.2) is 35.4 Å². The molecular formula is C13H11NO2S. The largest absolute Gasteiger partial charge is 0.379 e. The lowest BCUT2D eigenvalue weighted by atomic mass is 10.2. The fourth-order valence-corrected chi connectivity index (χ4v) is 2.77. The van der Waals surface area contributed by atoms with Crippen LogP contribution in [0.1, 0.15) is 10.4 Å². The standard InChI is InChI=1S/C13H11NO2S/c15-6-10-5-9-3-1-2-4-12(9)14-13(10)17-11-7-16-8-11/h1-6,11H,7-8H2. The van der Waals surface area contributed by atoms with Gasteiger partial charge >= 0.3 is 0 Å². The van der Waals surface area contributed by atoms with Crippen molar-refractivity contribution in [1.82, 2.24) is 4.98 Å². The van der Waals surface area contributed by atoms with E-state index in [4.69, 9.17) is 4.74 Å². The summed E-state index contributed by atoms with van der Waals surface area (Å²) in [5.74, 6) is 0. The lowest BCUT2D eigenvalue weighted by Crippen LogP contribution is -2.30. The maximum Gasteiger partial charge on any atom is 0.152 e. The van der Waals surface area contributed by atoms with Crippen LogP contribution in [0.4, 0.5) is 0 Å². The number of ether oxygens (including phenoxy) is 1. The van der Waals surface area contributed by atoms with Crippen molar-refractivity contribution >= 4 is 29.0 Å². The fraction of sp³-hybridized carbons (Fsp3) is 0.231. The van der Waals surface area contributed by atoms with Gasteiger partial charge in [0.25, 0.3) is 0 Å². The minimum absolute atomic E-state index is 0.433. The molecule has 3 nitrogen and oxygen atoms in total. The summed E-state index contributed by atoms with van der Waals surface area (Å²) in [5.41, 5.74) is 1.60. The maximum atomic E-state index is 11.1. The lowest BCUT2D eigenvalue weighted by molar-refractivity contribution is 0.0454. The Morgan fingerprint density at radius 1 is 1.35 bits per heavy atom. The first-order valence-corrected chi connectivity index (χ1v) is 6.34. The number of hydrogen-bond donors (Lipinski definition) is 0. The van der Waals surface area contributed by atoms with Crippen molar-refractivity contribution in [1.29, 1.82) is 0 Å². The van der Waals surface area contributed by atoms with E-state index >= 15 is 0 Å². The summed E-state index contributed by atoms with van der Waals surface area (Å²) in [6, 6.07) is 9.74. The Morgan fingerprint density at radius 2 is 2.18 bits per heavy atom. The van der Waals surface area contributed by atoms with Gasteiger partial charge in [-0.25, -0.2) is 4.98 Å². The zero-order chi connectivity index (χ0) is 11.7. The molecular weight excluding hydrogens is 234 g/mol. The van der Waals surface area contributed by atoms with Gasteiger partial charge in [-0.2, -0.15) is 0 Å². The van der Waals surface area contributed by atoms with Gasteiger partial charge in [-0.05, 0) is 12.1 Å². The average Bonchev–Trinajstić information content (AvgIpc) is 2.32. The van der Waals surface area contributed by atoms with E-state index < -0.39 is 0 Å². The van der Waals surface area contributed by atoms with E-state index in [0.717, 1.165) is 35.4 Å². The molecule has 1 aromatic carbocycles. The molecule has 0 saturated carbocycles. The highest BCUT2D eigenvalue weighted by molar-refractivity contribution is 8.00. The second-order valence-corrected chi connectivity index (χ2v) is 5.26. The Kier molecular flexibility index (Phi) is 2.82. The van der Waals surface area contributed by atoms with Crippen molar-refractivity contribution < 1.29 is 9.53 Å². The molecule has 0 amide bonds. The number of benzene rings is 1. The number of hydrogen-bond acceptors (Lipinski definition) is 4. The molecule has 0 spiro atoms. The number of nitrogens with zero attached hydrogens (tertiary/aromatic N) is 1. The Bertz CT molecular complexity index is 566. The molecule has 4 heteroatoms. The number of fused-ring (bicyclic) bond motifs is 1. The predicted molar refractivity (Wildman–Crippen MR) is 67.6 cm³/mol. The molecule has 0 bridgehead atoms. The van der Waals surface area contributed by atoms with Gasteiger partial charge < -0.3 is 4.74 Å². The predicted octanol–water partition coefficient (Wildman–Crippen LogP) is 2.54. The molecule has 1 aliphatic heterocycles. The van der Waals surface area contributed by atoms with E-state index in [-0.39, 0.29) is 0 Å². The number of pyridine rings is 1. The van der Waals surface area contributed by atoms with Crippen LogP contribution in [-0.4, -0.2) is 29.7 Å². The molecule has 86 valence electrons. The summed E-state index contributed by atoms with van der Waals surface area (Å²) >= 11 is 1.63. The number of aromatic nitrogens is 1. The number of carbonyl (C=O) groups is 1. The molecule has 2 heterocycles. The van der Waals surface area contributed by atoms with Crippen molar-refractivity contribution in [3.63, 3.8) is 0 Å². The smallest absolute Gasteiger partial charge is 0.152 e. The van der Waals surface area contributed by atoms with E-state index in [9.17, 15) is 4.79 Å². The summed E-state index contributed by atoms with van der Waals surface area (Å²) in [6.45, 7) is 1.49. The minimum atomic E-state index is 0.433. The summed E-state index contributed by atoms with van der Waals surface area (Å²) in [5, 5.41) is 2.25. The van der Waals surface area contributed by atoms with Crippen LogP contribution in [0.5, 0.6) is 0 Å². The second-order valence-electron chi connectivity index (χ2n) is 3.97. The van der Waals surface area contributed by atoms with E-state index in [1.165, 1.54) is 0 Å². The number of thioether (sulfide) groups is 1. The van der Waals surface area contributed by atoms with Crippen LogP contribution in [0.2, 0.25) is 0 Å². The van der Waals surface area contributed by atoms with Gasteiger partial charge in [0.05, 0.1) is 24.0 Å². The molecule has 1 fully saturated rings. The highest BCUT2D eigenvalue weighted by Crippen LogP contribution is 2.30. The lowest BCUT2D eigenvalue weighted by Gasteiger charge is -2.25. The molecule has 1 aromatic heterocycles. The van der Waals surface area contributed by atoms with Crippen LogP contribution in [-0.2, 0) is 4.74 Å². The van der Waals surface area contributed by atoms with Crippen molar-refractivity contribution in [3.8, 4) is 0 Å². The van der Waals surface area contributed by atoms with Gasteiger partial charge in [0.2, 0.25) is 0 Å². The molecule has 17 heavy (non-hydrogen) atoms. The topological polar surface area (TPSA) is 39.2 Å². The van der Waals surface area contributed by atoms with Crippen LogP contribution >= 0.6 is 11.8 Å². The first kappa shape index (κ1) is 10.7. The second kappa shape index (κ2) is 4.47. The molecule has 2 aromatic rings. The van der Waals surface area contributed by atoms with Gasteiger partial charge in [0, 0.05) is 10.9 Å². The van der Waals surface area contributed by atoms with Gasteiger partial charge in [0.15, 0.2) is 6.29 Å². The third-order valence-corrected chi connectivity index (χ3v) is 3.89. The van der Waals surface area contributed by atoms with Crippen molar-refractivity contribution in [2.24, 2.45) is 0 Å². The molecule has 0 unspecified atom stereocenters. The van der Waals surface area contributed by atoms with E-state index in [1.807, 2.05) is 30.3 Å². The van der Waals surface area contributed by atoms with E-state index in [1.54, 1.807) is 11.8 Å². The van der Waals surface area contributed by atoms with Crippen molar-refractivity contribution in [3.05, 3.63) is 35.9 Å². The monoisotopic (exact) mass is 245 g/mol. The number of para-hydroxylation sites is 1. The Balaban J connectivity index is 2.04. The van der Waals surface area contributed by atoms with Gasteiger partial charge in [-0.15, -0.1) is 0 Å². The Labute approximate surface area is 103 Å². The number of aldehydes is 1. The SMILES string of the molecule is O=Cc1cc2ccccc2nc1SC1COC1.